The van der Waals surface area contributed by atoms with Crippen molar-refractivity contribution in [1.29, 1.82) is 5.26 Å². The quantitative estimate of drug-likeness (QED) is 0.878. The van der Waals surface area contributed by atoms with Gasteiger partial charge in [0.1, 0.15) is 5.82 Å². The lowest BCUT2D eigenvalue weighted by atomic mass is 9.98. The molecule has 0 radical (unpaired) electrons. The zero-order valence-corrected chi connectivity index (χ0v) is 9.22. The average Bonchev–Trinajstić information content (AvgIpc) is 2.37. The SMILES string of the molecule is N#Cc1cc(C(=O)O)ccc1-c1cccc(F)c1. The van der Waals surface area contributed by atoms with Gasteiger partial charge >= 0.3 is 5.97 Å². The molecule has 0 amide bonds. The summed E-state index contributed by atoms with van der Waals surface area (Å²) >= 11 is 0. The predicted octanol–water partition coefficient (Wildman–Crippen LogP) is 3.06. The number of carbonyl (C=O) groups is 1. The molecule has 0 saturated heterocycles. The minimum atomic E-state index is -1.10. The van der Waals surface area contributed by atoms with Crippen molar-refractivity contribution >= 4 is 5.97 Å². The maximum atomic E-state index is 13.1. The zero-order chi connectivity index (χ0) is 13.1. The van der Waals surface area contributed by atoms with Crippen LogP contribution in [0.25, 0.3) is 11.1 Å². The second kappa shape index (κ2) is 4.68. The van der Waals surface area contributed by atoms with Crippen molar-refractivity contribution < 1.29 is 14.3 Å². The molecule has 2 aromatic carbocycles. The molecule has 0 aromatic heterocycles. The summed E-state index contributed by atoms with van der Waals surface area (Å²) in [6.07, 6.45) is 0. The largest absolute Gasteiger partial charge is 0.478 e. The monoisotopic (exact) mass is 241 g/mol. The van der Waals surface area contributed by atoms with Crippen LogP contribution < -0.4 is 0 Å². The lowest BCUT2D eigenvalue weighted by molar-refractivity contribution is 0.0697. The molecule has 1 N–H and O–H groups in total. The number of carboxylic acid groups (broad SMARTS) is 1. The Bertz CT molecular complexity index is 659. The summed E-state index contributed by atoms with van der Waals surface area (Å²) < 4.78 is 13.1. The van der Waals surface area contributed by atoms with Gasteiger partial charge in [0.15, 0.2) is 0 Å². The molecule has 0 atom stereocenters. The van der Waals surface area contributed by atoms with E-state index in [9.17, 15) is 9.18 Å². The van der Waals surface area contributed by atoms with Gasteiger partial charge in [-0.05, 0) is 35.4 Å². The number of halogens is 1. The number of rotatable bonds is 2. The van der Waals surface area contributed by atoms with Crippen molar-refractivity contribution in [3.05, 3.63) is 59.4 Å². The van der Waals surface area contributed by atoms with E-state index in [2.05, 4.69) is 0 Å². The molecule has 0 aliphatic carbocycles. The van der Waals surface area contributed by atoms with Crippen molar-refractivity contribution in [3.63, 3.8) is 0 Å². The zero-order valence-electron chi connectivity index (χ0n) is 9.22. The van der Waals surface area contributed by atoms with E-state index in [0.29, 0.717) is 11.1 Å². The van der Waals surface area contributed by atoms with Gasteiger partial charge in [-0.3, -0.25) is 0 Å². The number of benzene rings is 2. The minimum absolute atomic E-state index is 0.0340. The first kappa shape index (κ1) is 11.8. The summed E-state index contributed by atoms with van der Waals surface area (Å²) in [5.41, 5.74) is 1.30. The summed E-state index contributed by atoms with van der Waals surface area (Å²) in [5.74, 6) is -1.50. The Balaban J connectivity index is 2.59. The maximum Gasteiger partial charge on any atom is 0.335 e. The molecule has 0 heterocycles. The van der Waals surface area contributed by atoms with Crippen molar-refractivity contribution in [2.45, 2.75) is 0 Å². The Morgan fingerprint density at radius 1 is 1.22 bits per heavy atom. The highest BCUT2D eigenvalue weighted by molar-refractivity contribution is 5.89. The number of nitriles is 1. The smallest absolute Gasteiger partial charge is 0.335 e. The first-order valence-corrected chi connectivity index (χ1v) is 5.15. The van der Waals surface area contributed by atoms with E-state index >= 15 is 0 Å². The van der Waals surface area contributed by atoms with E-state index in [1.807, 2.05) is 6.07 Å². The van der Waals surface area contributed by atoms with Crippen molar-refractivity contribution in [2.75, 3.05) is 0 Å². The Morgan fingerprint density at radius 2 is 2.00 bits per heavy atom. The summed E-state index contributed by atoms with van der Waals surface area (Å²) in [7, 11) is 0. The first-order chi connectivity index (χ1) is 8.61. The number of hydrogen-bond donors (Lipinski definition) is 1. The predicted molar refractivity (Wildman–Crippen MR) is 63.5 cm³/mol. The molecule has 0 aliphatic rings. The summed E-state index contributed by atoms with van der Waals surface area (Å²) in [6.45, 7) is 0. The highest BCUT2D eigenvalue weighted by Crippen LogP contribution is 2.25. The highest BCUT2D eigenvalue weighted by atomic mass is 19.1. The lowest BCUT2D eigenvalue weighted by Crippen LogP contribution is -1.97. The van der Waals surface area contributed by atoms with Crippen LogP contribution in [-0.4, -0.2) is 11.1 Å². The van der Waals surface area contributed by atoms with E-state index in [0.717, 1.165) is 0 Å². The Hall–Kier alpha value is -2.67. The van der Waals surface area contributed by atoms with Crippen LogP contribution in [-0.2, 0) is 0 Å². The van der Waals surface area contributed by atoms with Gasteiger partial charge in [0, 0.05) is 0 Å². The topological polar surface area (TPSA) is 61.1 Å². The molecule has 0 unspecified atom stereocenters. The van der Waals surface area contributed by atoms with Gasteiger partial charge in [-0.1, -0.05) is 18.2 Å². The fourth-order valence-electron chi connectivity index (χ4n) is 1.68. The molecule has 88 valence electrons. The average molecular weight is 241 g/mol. The van der Waals surface area contributed by atoms with E-state index in [1.165, 1.54) is 36.4 Å². The third kappa shape index (κ3) is 2.20. The second-order valence-corrected chi connectivity index (χ2v) is 3.69. The van der Waals surface area contributed by atoms with E-state index < -0.39 is 11.8 Å². The molecule has 2 aromatic rings. The molecule has 4 heteroatoms. The maximum absolute atomic E-state index is 13.1. The third-order valence-corrected chi connectivity index (χ3v) is 2.52. The summed E-state index contributed by atoms with van der Waals surface area (Å²) in [5, 5.41) is 17.9. The molecular formula is C14H8FNO2. The van der Waals surface area contributed by atoms with Gasteiger partial charge in [-0.15, -0.1) is 0 Å². The first-order valence-electron chi connectivity index (χ1n) is 5.15. The van der Waals surface area contributed by atoms with Gasteiger partial charge in [-0.2, -0.15) is 5.26 Å². The Labute approximate surface area is 103 Å². The van der Waals surface area contributed by atoms with Gasteiger partial charge in [0.2, 0.25) is 0 Å². The van der Waals surface area contributed by atoms with Crippen molar-refractivity contribution in [1.82, 2.24) is 0 Å². The van der Waals surface area contributed by atoms with Crippen LogP contribution in [0.1, 0.15) is 15.9 Å². The van der Waals surface area contributed by atoms with Crippen LogP contribution >= 0.6 is 0 Å². The van der Waals surface area contributed by atoms with Crippen molar-refractivity contribution in [2.24, 2.45) is 0 Å². The fourth-order valence-corrected chi connectivity index (χ4v) is 1.68. The Morgan fingerprint density at radius 3 is 2.61 bits per heavy atom. The summed E-state index contributed by atoms with van der Waals surface area (Å²) in [4.78, 5) is 10.8. The van der Waals surface area contributed by atoms with Crippen LogP contribution in [0, 0.1) is 17.1 Å². The third-order valence-electron chi connectivity index (χ3n) is 2.52. The molecule has 18 heavy (non-hydrogen) atoms. The van der Waals surface area contributed by atoms with Gasteiger partial charge in [-0.25, -0.2) is 9.18 Å². The van der Waals surface area contributed by atoms with Crippen LogP contribution in [0.5, 0.6) is 0 Å². The van der Waals surface area contributed by atoms with Crippen molar-refractivity contribution in [3.8, 4) is 17.2 Å². The van der Waals surface area contributed by atoms with Gasteiger partial charge < -0.3 is 5.11 Å². The molecule has 0 bridgehead atoms. The summed E-state index contributed by atoms with van der Waals surface area (Å²) in [6, 6.07) is 11.9. The van der Waals surface area contributed by atoms with Gasteiger partial charge in [0.25, 0.3) is 0 Å². The van der Waals surface area contributed by atoms with E-state index in [-0.39, 0.29) is 11.1 Å². The number of hydrogen-bond acceptors (Lipinski definition) is 2. The molecule has 0 fully saturated rings. The number of nitrogens with zero attached hydrogens (tertiary/aromatic N) is 1. The Kier molecular flexibility index (Phi) is 3.07. The van der Waals surface area contributed by atoms with Crippen LogP contribution in [0.3, 0.4) is 0 Å². The molecule has 0 aliphatic heterocycles. The molecule has 2 rings (SSSR count). The highest BCUT2D eigenvalue weighted by Gasteiger charge is 2.10. The van der Waals surface area contributed by atoms with Crippen LogP contribution in [0.15, 0.2) is 42.5 Å². The normalized spacial score (nSPS) is 9.78. The van der Waals surface area contributed by atoms with Gasteiger partial charge in [0.05, 0.1) is 17.2 Å². The molecule has 0 spiro atoms. The molecule has 0 saturated carbocycles. The van der Waals surface area contributed by atoms with Crippen LogP contribution in [0.2, 0.25) is 0 Å². The van der Waals surface area contributed by atoms with E-state index in [4.69, 9.17) is 10.4 Å². The number of aromatic carboxylic acids is 1. The van der Waals surface area contributed by atoms with Crippen LogP contribution in [0.4, 0.5) is 4.39 Å². The minimum Gasteiger partial charge on any atom is -0.478 e. The van der Waals surface area contributed by atoms with E-state index in [1.54, 1.807) is 6.07 Å². The standard InChI is InChI=1S/C14H8FNO2/c15-12-3-1-2-9(7-12)13-5-4-10(14(17)18)6-11(13)8-16/h1-7H,(H,17,18). The molecule has 3 nitrogen and oxygen atoms in total. The second-order valence-electron chi connectivity index (χ2n) is 3.69. The fraction of sp³-hybridized carbons (Fsp3) is 0. The number of carboxylic acids is 1. The molecular weight excluding hydrogens is 233 g/mol. The lowest BCUT2D eigenvalue weighted by Gasteiger charge is -2.05.